The van der Waals surface area contributed by atoms with Gasteiger partial charge in [-0.05, 0) is 31.5 Å². The lowest BCUT2D eigenvalue weighted by Crippen LogP contribution is -2.11. The monoisotopic (exact) mass is 240 g/mol. The van der Waals surface area contributed by atoms with E-state index in [1.165, 1.54) is 0 Å². The van der Waals surface area contributed by atoms with Crippen LogP contribution in [0.5, 0.6) is 0 Å². The molecule has 0 aliphatic heterocycles. The third-order valence-corrected chi connectivity index (χ3v) is 2.94. The molecule has 0 aliphatic carbocycles. The molecule has 2 aromatic rings. The Balaban J connectivity index is 2.12. The Morgan fingerprint density at radius 3 is 2.72 bits per heavy atom. The SMILES string of the molecule is CCn1ccnc1NC(C)c1ccc(C#N)cc1. The standard InChI is InChI=1S/C14H16N4/c1-3-18-9-8-16-14(18)17-11(2)13-6-4-12(10-15)5-7-13/h4-9,11H,3H2,1-2H3,(H,16,17). The van der Waals surface area contributed by atoms with Gasteiger partial charge in [-0.1, -0.05) is 12.1 Å². The molecule has 1 aromatic heterocycles. The van der Waals surface area contributed by atoms with Crippen LogP contribution in [-0.4, -0.2) is 9.55 Å². The highest BCUT2D eigenvalue weighted by Gasteiger charge is 2.08. The number of aromatic nitrogens is 2. The summed E-state index contributed by atoms with van der Waals surface area (Å²) in [5, 5.41) is 12.1. The van der Waals surface area contributed by atoms with E-state index in [1.807, 2.05) is 30.5 Å². The van der Waals surface area contributed by atoms with Crippen LogP contribution in [-0.2, 0) is 6.54 Å². The summed E-state index contributed by atoms with van der Waals surface area (Å²) >= 11 is 0. The van der Waals surface area contributed by atoms with Gasteiger partial charge in [-0.3, -0.25) is 0 Å². The van der Waals surface area contributed by atoms with Crippen LogP contribution >= 0.6 is 0 Å². The number of benzene rings is 1. The van der Waals surface area contributed by atoms with Gasteiger partial charge in [0.15, 0.2) is 0 Å². The first-order valence-corrected chi connectivity index (χ1v) is 6.02. The number of aryl methyl sites for hydroxylation is 1. The molecule has 2 rings (SSSR count). The summed E-state index contributed by atoms with van der Waals surface area (Å²) in [6.07, 6.45) is 3.74. The molecule has 0 amide bonds. The molecule has 4 heteroatoms. The van der Waals surface area contributed by atoms with Crippen LogP contribution < -0.4 is 5.32 Å². The fourth-order valence-corrected chi connectivity index (χ4v) is 1.83. The van der Waals surface area contributed by atoms with Gasteiger partial charge < -0.3 is 9.88 Å². The van der Waals surface area contributed by atoms with Gasteiger partial charge in [-0.15, -0.1) is 0 Å². The topological polar surface area (TPSA) is 53.6 Å². The molecule has 1 N–H and O–H groups in total. The minimum absolute atomic E-state index is 0.158. The molecule has 18 heavy (non-hydrogen) atoms. The Hall–Kier alpha value is -2.28. The summed E-state index contributed by atoms with van der Waals surface area (Å²) in [6.45, 7) is 5.05. The second kappa shape index (κ2) is 5.37. The number of anilines is 1. The molecule has 0 saturated carbocycles. The number of hydrogen-bond acceptors (Lipinski definition) is 3. The van der Waals surface area contributed by atoms with Crippen molar-refractivity contribution in [3.05, 3.63) is 47.8 Å². The van der Waals surface area contributed by atoms with Crippen LogP contribution in [0, 0.1) is 11.3 Å². The van der Waals surface area contributed by atoms with E-state index in [0.29, 0.717) is 5.56 Å². The van der Waals surface area contributed by atoms with Crippen molar-refractivity contribution in [2.45, 2.75) is 26.4 Å². The Morgan fingerprint density at radius 2 is 2.11 bits per heavy atom. The van der Waals surface area contributed by atoms with E-state index in [9.17, 15) is 0 Å². The lowest BCUT2D eigenvalue weighted by molar-refractivity contribution is 0.744. The zero-order valence-corrected chi connectivity index (χ0v) is 10.6. The molecule has 92 valence electrons. The Kier molecular flexibility index (Phi) is 3.63. The molecule has 4 nitrogen and oxygen atoms in total. The summed E-state index contributed by atoms with van der Waals surface area (Å²) in [4.78, 5) is 4.29. The number of rotatable bonds is 4. The van der Waals surface area contributed by atoms with Crippen molar-refractivity contribution >= 4 is 5.95 Å². The zero-order valence-electron chi connectivity index (χ0n) is 10.6. The fraction of sp³-hybridized carbons (Fsp3) is 0.286. The van der Waals surface area contributed by atoms with Gasteiger partial charge in [0.25, 0.3) is 0 Å². The number of nitriles is 1. The van der Waals surface area contributed by atoms with Crippen molar-refractivity contribution in [1.29, 1.82) is 5.26 Å². The lowest BCUT2D eigenvalue weighted by atomic mass is 10.1. The van der Waals surface area contributed by atoms with Crippen LogP contribution in [0.25, 0.3) is 0 Å². The number of imidazole rings is 1. The average molecular weight is 240 g/mol. The second-order valence-corrected chi connectivity index (χ2v) is 4.14. The molecule has 1 aromatic carbocycles. The van der Waals surface area contributed by atoms with Crippen molar-refractivity contribution in [2.75, 3.05) is 5.32 Å². The third-order valence-electron chi connectivity index (χ3n) is 2.94. The Bertz CT molecular complexity index is 548. The molecule has 0 fully saturated rings. The molecule has 0 aliphatic rings. The molecule has 0 radical (unpaired) electrons. The van der Waals surface area contributed by atoms with Gasteiger partial charge in [-0.25, -0.2) is 4.98 Å². The average Bonchev–Trinajstić information content (AvgIpc) is 2.86. The van der Waals surface area contributed by atoms with Crippen LogP contribution in [0.3, 0.4) is 0 Å². The smallest absolute Gasteiger partial charge is 0.203 e. The van der Waals surface area contributed by atoms with E-state index in [-0.39, 0.29) is 6.04 Å². The van der Waals surface area contributed by atoms with Gasteiger partial charge in [0.1, 0.15) is 0 Å². The quantitative estimate of drug-likeness (QED) is 0.893. The first kappa shape index (κ1) is 12.2. The maximum absolute atomic E-state index is 8.76. The van der Waals surface area contributed by atoms with E-state index in [1.54, 1.807) is 6.20 Å². The summed E-state index contributed by atoms with van der Waals surface area (Å²) in [5.74, 6) is 0.870. The van der Waals surface area contributed by atoms with Crippen molar-refractivity contribution in [2.24, 2.45) is 0 Å². The molecule has 0 spiro atoms. The van der Waals surface area contributed by atoms with Crippen LogP contribution in [0.2, 0.25) is 0 Å². The maximum Gasteiger partial charge on any atom is 0.203 e. The van der Waals surface area contributed by atoms with E-state index >= 15 is 0 Å². The first-order chi connectivity index (χ1) is 8.74. The highest BCUT2D eigenvalue weighted by molar-refractivity contribution is 5.36. The molecule has 0 bridgehead atoms. The zero-order chi connectivity index (χ0) is 13.0. The highest BCUT2D eigenvalue weighted by atomic mass is 15.2. The summed E-state index contributed by atoms with van der Waals surface area (Å²) in [6, 6.07) is 9.88. The predicted molar refractivity (Wildman–Crippen MR) is 71.1 cm³/mol. The molecule has 1 heterocycles. The molecule has 1 atom stereocenters. The normalized spacial score (nSPS) is 11.8. The van der Waals surface area contributed by atoms with E-state index < -0.39 is 0 Å². The van der Waals surface area contributed by atoms with Gasteiger partial charge in [0.2, 0.25) is 5.95 Å². The summed E-state index contributed by atoms with van der Waals surface area (Å²) in [7, 11) is 0. The maximum atomic E-state index is 8.76. The summed E-state index contributed by atoms with van der Waals surface area (Å²) < 4.78 is 2.06. The minimum Gasteiger partial charge on any atom is -0.349 e. The van der Waals surface area contributed by atoms with E-state index in [2.05, 4.69) is 34.8 Å². The van der Waals surface area contributed by atoms with E-state index in [0.717, 1.165) is 18.1 Å². The number of nitrogens with zero attached hydrogens (tertiary/aromatic N) is 3. The highest BCUT2D eigenvalue weighted by Crippen LogP contribution is 2.18. The van der Waals surface area contributed by atoms with E-state index in [4.69, 9.17) is 5.26 Å². The van der Waals surface area contributed by atoms with Gasteiger partial charge >= 0.3 is 0 Å². The van der Waals surface area contributed by atoms with Crippen molar-refractivity contribution in [1.82, 2.24) is 9.55 Å². The lowest BCUT2D eigenvalue weighted by Gasteiger charge is -2.15. The number of nitrogens with one attached hydrogen (secondary N) is 1. The summed E-state index contributed by atoms with van der Waals surface area (Å²) in [5.41, 5.74) is 1.82. The third kappa shape index (κ3) is 2.51. The van der Waals surface area contributed by atoms with Crippen molar-refractivity contribution < 1.29 is 0 Å². The predicted octanol–water partition coefficient (Wildman–Crippen LogP) is 2.95. The molecule has 0 saturated heterocycles. The van der Waals surface area contributed by atoms with Gasteiger partial charge in [0, 0.05) is 18.9 Å². The van der Waals surface area contributed by atoms with Crippen LogP contribution in [0.4, 0.5) is 5.95 Å². The second-order valence-electron chi connectivity index (χ2n) is 4.14. The van der Waals surface area contributed by atoms with Gasteiger partial charge in [-0.2, -0.15) is 5.26 Å². The van der Waals surface area contributed by atoms with Crippen molar-refractivity contribution in [3.8, 4) is 6.07 Å². The molecule has 1 unspecified atom stereocenters. The Morgan fingerprint density at radius 1 is 1.39 bits per heavy atom. The van der Waals surface area contributed by atoms with Crippen molar-refractivity contribution in [3.63, 3.8) is 0 Å². The first-order valence-electron chi connectivity index (χ1n) is 6.02. The van der Waals surface area contributed by atoms with Crippen LogP contribution in [0.15, 0.2) is 36.7 Å². The fourth-order valence-electron chi connectivity index (χ4n) is 1.83. The Labute approximate surface area is 107 Å². The molecular weight excluding hydrogens is 224 g/mol. The molecular formula is C14H16N4. The van der Waals surface area contributed by atoms with Gasteiger partial charge in [0.05, 0.1) is 17.7 Å². The number of hydrogen-bond donors (Lipinski definition) is 1. The largest absolute Gasteiger partial charge is 0.349 e. The van der Waals surface area contributed by atoms with Crippen LogP contribution in [0.1, 0.15) is 31.0 Å². The minimum atomic E-state index is 0.158.